The molecule has 1 aliphatic rings. The van der Waals surface area contributed by atoms with Gasteiger partial charge in [-0.2, -0.15) is 0 Å². The molecule has 0 spiro atoms. The topological polar surface area (TPSA) is 46.2 Å². The Balaban J connectivity index is 2.51. The van der Waals surface area contributed by atoms with E-state index in [1.165, 1.54) is 6.42 Å². The number of rotatable bonds is 1. The first-order valence-electron chi connectivity index (χ1n) is 6.24. The van der Waals surface area contributed by atoms with E-state index in [4.69, 9.17) is 5.73 Å². The van der Waals surface area contributed by atoms with Crippen LogP contribution in [0.3, 0.4) is 0 Å². The molecule has 1 aromatic rings. The molecule has 0 amide bonds. The highest BCUT2D eigenvalue weighted by molar-refractivity contribution is 5.46. The smallest absolute Gasteiger partial charge is 0.167 e. The molecule has 3 heteroatoms. The quantitative estimate of drug-likeness (QED) is 0.787. The van der Waals surface area contributed by atoms with Gasteiger partial charge in [-0.15, -0.1) is 0 Å². The highest BCUT2D eigenvalue weighted by atomic mass is 19.1. The van der Waals surface area contributed by atoms with Gasteiger partial charge < -0.3 is 10.8 Å². The Bertz CT molecular complexity index is 436. The molecular formula is C14H20FNO. The highest BCUT2D eigenvalue weighted by Gasteiger charge is 2.32. The predicted octanol–water partition coefficient (Wildman–Crippen LogP) is 3.27. The lowest BCUT2D eigenvalue weighted by Crippen LogP contribution is -2.39. The minimum Gasteiger partial charge on any atom is -0.505 e. The van der Waals surface area contributed by atoms with Crippen molar-refractivity contribution in [2.24, 2.45) is 5.73 Å². The lowest BCUT2D eigenvalue weighted by molar-refractivity contribution is 0.298. The van der Waals surface area contributed by atoms with Crippen molar-refractivity contribution in [1.82, 2.24) is 0 Å². The van der Waals surface area contributed by atoms with Crippen molar-refractivity contribution in [3.63, 3.8) is 0 Å². The summed E-state index contributed by atoms with van der Waals surface area (Å²) >= 11 is 0. The molecule has 1 saturated carbocycles. The molecule has 1 aliphatic carbocycles. The molecule has 0 radical (unpaired) electrons. The van der Waals surface area contributed by atoms with Gasteiger partial charge in [0.15, 0.2) is 11.6 Å². The van der Waals surface area contributed by atoms with E-state index in [-0.39, 0.29) is 5.75 Å². The normalized spacial score (nSPS) is 19.3. The highest BCUT2D eigenvalue weighted by Crippen LogP contribution is 2.40. The second-order valence-corrected chi connectivity index (χ2v) is 5.25. The van der Waals surface area contributed by atoms with Gasteiger partial charge in [0, 0.05) is 5.54 Å². The Morgan fingerprint density at radius 2 is 1.82 bits per heavy atom. The van der Waals surface area contributed by atoms with Crippen molar-refractivity contribution in [3.05, 3.63) is 28.6 Å². The van der Waals surface area contributed by atoms with Gasteiger partial charge >= 0.3 is 0 Å². The maximum atomic E-state index is 13.6. The van der Waals surface area contributed by atoms with Crippen LogP contribution in [0, 0.1) is 19.7 Å². The van der Waals surface area contributed by atoms with Gasteiger partial charge in [0.05, 0.1) is 0 Å². The van der Waals surface area contributed by atoms with E-state index in [9.17, 15) is 9.50 Å². The lowest BCUT2D eigenvalue weighted by atomic mass is 9.75. The van der Waals surface area contributed by atoms with E-state index < -0.39 is 11.4 Å². The van der Waals surface area contributed by atoms with Gasteiger partial charge in [-0.05, 0) is 43.4 Å². The molecule has 1 fully saturated rings. The van der Waals surface area contributed by atoms with E-state index in [0.29, 0.717) is 11.1 Å². The number of aromatic hydroxyl groups is 1. The monoisotopic (exact) mass is 237 g/mol. The second kappa shape index (κ2) is 4.30. The zero-order valence-electron chi connectivity index (χ0n) is 10.5. The molecule has 0 heterocycles. The summed E-state index contributed by atoms with van der Waals surface area (Å²) in [5.74, 6) is -0.763. The first-order chi connectivity index (χ1) is 7.96. The average molecular weight is 237 g/mol. The summed E-state index contributed by atoms with van der Waals surface area (Å²) < 4.78 is 13.6. The first-order valence-corrected chi connectivity index (χ1v) is 6.24. The molecule has 2 rings (SSSR count). The zero-order valence-corrected chi connectivity index (χ0v) is 10.5. The summed E-state index contributed by atoms with van der Waals surface area (Å²) in [7, 11) is 0. The predicted molar refractivity (Wildman–Crippen MR) is 66.5 cm³/mol. The van der Waals surface area contributed by atoms with Gasteiger partial charge in [0.2, 0.25) is 0 Å². The number of hydrogen-bond acceptors (Lipinski definition) is 2. The van der Waals surface area contributed by atoms with Crippen molar-refractivity contribution < 1.29 is 9.50 Å². The minimum absolute atomic E-state index is 0.240. The van der Waals surface area contributed by atoms with Crippen molar-refractivity contribution in [1.29, 1.82) is 0 Å². The standard InChI is InChI=1S/C14H20FNO/c1-9-8-11(10(2)13(17)12(9)15)14(16)6-4-3-5-7-14/h8,17H,3-7,16H2,1-2H3. The number of phenols is 1. The van der Waals surface area contributed by atoms with Crippen LogP contribution in [0.5, 0.6) is 5.75 Å². The fourth-order valence-corrected chi connectivity index (χ4v) is 2.84. The second-order valence-electron chi connectivity index (χ2n) is 5.25. The molecule has 17 heavy (non-hydrogen) atoms. The molecule has 0 saturated heterocycles. The van der Waals surface area contributed by atoms with Crippen LogP contribution in [0.2, 0.25) is 0 Å². The Hall–Kier alpha value is -1.09. The average Bonchev–Trinajstić information content (AvgIpc) is 2.32. The van der Waals surface area contributed by atoms with E-state index in [2.05, 4.69) is 0 Å². The molecule has 0 unspecified atom stereocenters. The number of phenolic OH excluding ortho intramolecular Hbond substituents is 1. The van der Waals surface area contributed by atoms with Crippen LogP contribution in [0.25, 0.3) is 0 Å². The van der Waals surface area contributed by atoms with Crippen molar-refractivity contribution in [2.45, 2.75) is 51.5 Å². The molecule has 0 aromatic heterocycles. The van der Waals surface area contributed by atoms with Gasteiger partial charge in [-0.25, -0.2) is 4.39 Å². The van der Waals surface area contributed by atoms with E-state index in [1.807, 2.05) is 0 Å². The summed E-state index contributed by atoms with van der Waals surface area (Å²) in [6.07, 6.45) is 5.25. The summed E-state index contributed by atoms with van der Waals surface area (Å²) in [4.78, 5) is 0. The van der Waals surface area contributed by atoms with E-state index in [1.54, 1.807) is 19.9 Å². The third-order valence-electron chi connectivity index (χ3n) is 3.96. The third kappa shape index (κ3) is 2.04. The summed E-state index contributed by atoms with van der Waals surface area (Å²) in [6.45, 7) is 3.42. The molecule has 3 N–H and O–H groups in total. The maximum absolute atomic E-state index is 13.6. The number of aryl methyl sites for hydroxylation is 1. The third-order valence-corrected chi connectivity index (χ3v) is 3.96. The van der Waals surface area contributed by atoms with Crippen molar-refractivity contribution in [2.75, 3.05) is 0 Å². The molecule has 1 aromatic carbocycles. The van der Waals surface area contributed by atoms with Crippen molar-refractivity contribution in [3.8, 4) is 5.75 Å². The maximum Gasteiger partial charge on any atom is 0.167 e. The van der Waals surface area contributed by atoms with Gasteiger partial charge in [0.1, 0.15) is 0 Å². The summed E-state index contributed by atoms with van der Waals surface area (Å²) in [5, 5.41) is 9.78. The van der Waals surface area contributed by atoms with Crippen molar-refractivity contribution >= 4 is 0 Å². The van der Waals surface area contributed by atoms with Crippen LogP contribution >= 0.6 is 0 Å². The molecular weight excluding hydrogens is 217 g/mol. The van der Waals surface area contributed by atoms with E-state index >= 15 is 0 Å². The fraction of sp³-hybridized carbons (Fsp3) is 0.571. The number of halogens is 1. The minimum atomic E-state index is -0.523. The summed E-state index contributed by atoms with van der Waals surface area (Å²) in [6, 6.07) is 1.80. The number of nitrogens with two attached hydrogens (primary N) is 1. The fourth-order valence-electron chi connectivity index (χ4n) is 2.84. The Labute approximate surface area is 102 Å². The summed E-state index contributed by atoms with van der Waals surface area (Å²) in [5.41, 5.74) is 8.02. The van der Waals surface area contributed by atoms with Gasteiger partial charge in [-0.1, -0.05) is 25.3 Å². The Kier molecular flexibility index (Phi) is 3.13. The van der Waals surface area contributed by atoms with Crippen LogP contribution in [-0.4, -0.2) is 5.11 Å². The molecule has 2 nitrogen and oxygen atoms in total. The molecule has 0 bridgehead atoms. The van der Waals surface area contributed by atoms with Crippen LogP contribution < -0.4 is 5.73 Å². The van der Waals surface area contributed by atoms with Crippen LogP contribution in [0.1, 0.15) is 48.8 Å². The lowest BCUT2D eigenvalue weighted by Gasteiger charge is -2.35. The largest absolute Gasteiger partial charge is 0.505 e. The Morgan fingerprint density at radius 1 is 1.24 bits per heavy atom. The number of hydrogen-bond donors (Lipinski definition) is 2. The molecule has 94 valence electrons. The molecule has 0 aliphatic heterocycles. The van der Waals surface area contributed by atoms with Crippen LogP contribution in [0.15, 0.2) is 6.07 Å². The first kappa shape index (κ1) is 12.4. The Morgan fingerprint density at radius 3 is 2.41 bits per heavy atom. The van der Waals surface area contributed by atoms with Gasteiger partial charge in [-0.3, -0.25) is 0 Å². The SMILES string of the molecule is Cc1cc(C2(N)CCCCC2)c(C)c(O)c1F. The van der Waals surface area contributed by atoms with Crippen LogP contribution in [0.4, 0.5) is 4.39 Å². The molecule has 0 atom stereocenters. The van der Waals surface area contributed by atoms with Crippen LogP contribution in [-0.2, 0) is 5.54 Å². The van der Waals surface area contributed by atoms with Gasteiger partial charge in [0.25, 0.3) is 0 Å². The number of benzene rings is 1. The zero-order chi connectivity index (χ0) is 12.6. The van der Waals surface area contributed by atoms with E-state index in [0.717, 1.165) is 31.2 Å².